The number of carbonyl (C=O) groups is 1. The number of ether oxygens (including phenoxy) is 2. The van der Waals surface area contributed by atoms with Crippen LogP contribution in [-0.2, 0) is 6.42 Å². The van der Waals surface area contributed by atoms with Crippen LogP contribution in [0.2, 0.25) is 0 Å². The average molecular weight is 451 g/mol. The first kappa shape index (κ1) is 20.7. The van der Waals surface area contributed by atoms with Crippen molar-refractivity contribution in [2.24, 2.45) is 5.92 Å². The minimum Gasteiger partial charge on any atom is -0.454 e. The highest BCUT2D eigenvalue weighted by Crippen LogP contribution is 2.36. The second kappa shape index (κ2) is 8.82. The lowest BCUT2D eigenvalue weighted by atomic mass is 9.90. The number of amides is 1. The molecule has 0 spiro atoms. The smallest absolute Gasteiger partial charge is 0.254 e. The number of rotatable bonds is 4. The molecule has 1 fully saturated rings. The van der Waals surface area contributed by atoms with Gasteiger partial charge in [0.2, 0.25) is 6.79 Å². The number of hydrogen-bond donors (Lipinski definition) is 0. The lowest BCUT2D eigenvalue weighted by molar-refractivity contribution is 0.0692. The summed E-state index contributed by atoms with van der Waals surface area (Å²) in [6.07, 6.45) is 3.13. The van der Waals surface area contributed by atoms with Crippen LogP contribution in [0.15, 0.2) is 78.9 Å². The van der Waals surface area contributed by atoms with Crippen molar-refractivity contribution in [2.45, 2.75) is 19.3 Å². The molecule has 2 aliphatic heterocycles. The van der Waals surface area contributed by atoms with E-state index in [-0.39, 0.29) is 12.7 Å². The first-order valence-corrected chi connectivity index (χ1v) is 11.9. The monoisotopic (exact) mass is 450 g/mol. The Morgan fingerprint density at radius 1 is 0.882 bits per heavy atom. The quantitative estimate of drug-likeness (QED) is 0.399. The van der Waals surface area contributed by atoms with Crippen LogP contribution in [0.3, 0.4) is 0 Å². The van der Waals surface area contributed by atoms with Crippen LogP contribution in [0.25, 0.3) is 22.2 Å². The van der Waals surface area contributed by atoms with E-state index in [1.807, 2.05) is 53.4 Å². The number of pyridine rings is 1. The predicted octanol–water partition coefficient (Wildman–Crippen LogP) is 5.73. The Kier molecular flexibility index (Phi) is 5.38. The van der Waals surface area contributed by atoms with Crippen LogP contribution in [0, 0.1) is 5.92 Å². The number of hydrogen-bond acceptors (Lipinski definition) is 4. The summed E-state index contributed by atoms with van der Waals surface area (Å²) in [7, 11) is 0. The average Bonchev–Trinajstić information content (AvgIpc) is 3.37. The minimum absolute atomic E-state index is 0.0822. The maximum atomic E-state index is 13.7. The molecular formula is C29H26N2O3. The molecule has 170 valence electrons. The molecule has 1 amide bonds. The number of carbonyl (C=O) groups excluding carboxylic acids is 1. The lowest BCUT2D eigenvalue weighted by Crippen LogP contribution is -2.39. The molecule has 0 saturated carbocycles. The summed E-state index contributed by atoms with van der Waals surface area (Å²) < 4.78 is 11.0. The van der Waals surface area contributed by atoms with Gasteiger partial charge < -0.3 is 14.4 Å². The van der Waals surface area contributed by atoms with Crippen LogP contribution >= 0.6 is 0 Å². The maximum absolute atomic E-state index is 13.7. The largest absolute Gasteiger partial charge is 0.454 e. The zero-order chi connectivity index (χ0) is 22.9. The molecule has 3 heterocycles. The maximum Gasteiger partial charge on any atom is 0.254 e. The molecule has 34 heavy (non-hydrogen) atoms. The van der Waals surface area contributed by atoms with Crippen molar-refractivity contribution in [3.63, 3.8) is 0 Å². The summed E-state index contributed by atoms with van der Waals surface area (Å²) in [6, 6.07) is 26.2. The van der Waals surface area contributed by atoms with Gasteiger partial charge in [0.05, 0.1) is 16.8 Å². The van der Waals surface area contributed by atoms with Gasteiger partial charge in [0.25, 0.3) is 5.91 Å². The van der Waals surface area contributed by atoms with Crippen molar-refractivity contribution in [3.05, 3.63) is 90.0 Å². The molecule has 6 rings (SSSR count). The van der Waals surface area contributed by atoms with Crippen molar-refractivity contribution >= 4 is 16.8 Å². The van der Waals surface area contributed by atoms with Gasteiger partial charge in [-0.2, -0.15) is 0 Å². The zero-order valence-corrected chi connectivity index (χ0v) is 18.9. The molecule has 0 bridgehead atoms. The third-order valence-electron chi connectivity index (χ3n) is 6.88. The Bertz CT molecular complexity index is 1340. The Balaban J connectivity index is 1.27. The second-order valence-electron chi connectivity index (χ2n) is 9.07. The van der Waals surface area contributed by atoms with Crippen molar-refractivity contribution in [2.75, 3.05) is 19.9 Å². The fourth-order valence-electron chi connectivity index (χ4n) is 5.01. The number of piperidine rings is 1. The predicted molar refractivity (Wildman–Crippen MR) is 132 cm³/mol. The Labute approximate surface area is 199 Å². The van der Waals surface area contributed by atoms with Gasteiger partial charge >= 0.3 is 0 Å². The molecular weight excluding hydrogens is 424 g/mol. The van der Waals surface area contributed by atoms with E-state index in [4.69, 9.17) is 14.5 Å². The Morgan fingerprint density at radius 3 is 2.50 bits per heavy atom. The third-order valence-corrected chi connectivity index (χ3v) is 6.88. The number of aromatic nitrogens is 1. The fourth-order valence-corrected chi connectivity index (χ4v) is 5.01. The van der Waals surface area contributed by atoms with E-state index in [0.717, 1.165) is 60.3 Å². The van der Waals surface area contributed by atoms with Crippen molar-refractivity contribution < 1.29 is 14.3 Å². The molecule has 0 atom stereocenters. The molecule has 0 aliphatic carbocycles. The topological polar surface area (TPSA) is 51.7 Å². The lowest BCUT2D eigenvalue weighted by Gasteiger charge is -2.32. The van der Waals surface area contributed by atoms with E-state index in [1.165, 1.54) is 5.56 Å². The summed E-state index contributed by atoms with van der Waals surface area (Å²) >= 11 is 0. The molecule has 3 aromatic carbocycles. The van der Waals surface area contributed by atoms with Crippen molar-refractivity contribution in [1.29, 1.82) is 0 Å². The highest BCUT2D eigenvalue weighted by Gasteiger charge is 2.26. The van der Waals surface area contributed by atoms with Gasteiger partial charge in [-0.25, -0.2) is 4.98 Å². The van der Waals surface area contributed by atoms with Crippen LogP contribution in [0.4, 0.5) is 0 Å². The number of fused-ring (bicyclic) bond motifs is 2. The van der Waals surface area contributed by atoms with Crippen molar-refractivity contribution in [1.82, 2.24) is 9.88 Å². The van der Waals surface area contributed by atoms with Crippen LogP contribution in [-0.4, -0.2) is 35.7 Å². The molecule has 1 aromatic heterocycles. The van der Waals surface area contributed by atoms with Crippen LogP contribution < -0.4 is 9.47 Å². The Morgan fingerprint density at radius 2 is 1.65 bits per heavy atom. The molecule has 0 N–H and O–H groups in total. The summed E-state index contributed by atoms with van der Waals surface area (Å²) in [6.45, 7) is 1.80. The number of para-hydroxylation sites is 1. The van der Waals surface area contributed by atoms with E-state index in [2.05, 4.69) is 30.3 Å². The fraction of sp³-hybridized carbons (Fsp3) is 0.241. The van der Waals surface area contributed by atoms with Crippen LogP contribution in [0.1, 0.15) is 28.8 Å². The standard InChI is InChI=1S/C29H26N2O3/c32-29(31-14-12-21(13-15-31)16-20-6-2-1-3-7-20)24-18-26(30-25-9-5-4-8-23(24)25)22-10-11-27-28(17-22)34-19-33-27/h1-11,17-18,21H,12-16,19H2. The van der Waals surface area contributed by atoms with Gasteiger partial charge in [0, 0.05) is 24.0 Å². The first-order chi connectivity index (χ1) is 16.7. The molecule has 5 heteroatoms. The third kappa shape index (κ3) is 3.98. The SMILES string of the molecule is O=C(c1cc(-c2ccc3c(c2)OCO3)nc2ccccc12)N1CCC(Cc2ccccc2)CC1. The minimum atomic E-state index is 0.0822. The van der Waals surface area contributed by atoms with E-state index in [9.17, 15) is 4.79 Å². The van der Waals surface area contributed by atoms with Gasteiger partial charge in [0.15, 0.2) is 11.5 Å². The highest BCUT2D eigenvalue weighted by atomic mass is 16.7. The first-order valence-electron chi connectivity index (χ1n) is 11.9. The summed E-state index contributed by atoms with van der Waals surface area (Å²) in [5.41, 5.74) is 4.57. The van der Waals surface area contributed by atoms with Gasteiger partial charge in [0.1, 0.15) is 0 Å². The molecule has 0 unspecified atom stereocenters. The molecule has 0 radical (unpaired) electrons. The van der Waals surface area contributed by atoms with E-state index in [0.29, 0.717) is 17.2 Å². The summed E-state index contributed by atoms with van der Waals surface area (Å²) in [5, 5.41) is 0.892. The highest BCUT2D eigenvalue weighted by molar-refractivity contribution is 6.07. The molecule has 4 aromatic rings. The summed E-state index contributed by atoms with van der Waals surface area (Å²) in [4.78, 5) is 20.6. The number of likely N-dealkylation sites (tertiary alicyclic amines) is 1. The van der Waals surface area contributed by atoms with Gasteiger partial charge in [-0.05, 0) is 61.1 Å². The number of nitrogens with zero attached hydrogens (tertiary/aromatic N) is 2. The van der Waals surface area contributed by atoms with Gasteiger partial charge in [-0.1, -0.05) is 48.5 Å². The van der Waals surface area contributed by atoms with Gasteiger partial charge in [-0.15, -0.1) is 0 Å². The zero-order valence-electron chi connectivity index (χ0n) is 18.9. The number of benzene rings is 3. The molecule has 1 saturated heterocycles. The van der Waals surface area contributed by atoms with Crippen LogP contribution in [0.5, 0.6) is 11.5 Å². The Hall–Kier alpha value is -3.86. The molecule has 5 nitrogen and oxygen atoms in total. The second-order valence-corrected chi connectivity index (χ2v) is 9.07. The van der Waals surface area contributed by atoms with E-state index < -0.39 is 0 Å². The van der Waals surface area contributed by atoms with Gasteiger partial charge in [-0.3, -0.25) is 4.79 Å². The summed E-state index contributed by atoms with van der Waals surface area (Å²) in [5.74, 6) is 2.14. The van der Waals surface area contributed by atoms with E-state index >= 15 is 0 Å². The van der Waals surface area contributed by atoms with E-state index in [1.54, 1.807) is 0 Å². The molecule has 2 aliphatic rings. The normalized spacial score (nSPS) is 15.6. The van der Waals surface area contributed by atoms with Crippen molar-refractivity contribution in [3.8, 4) is 22.8 Å².